The molecule has 0 radical (unpaired) electrons. The Kier molecular flexibility index (Phi) is 5.20. The zero-order valence-electron chi connectivity index (χ0n) is 12.5. The normalized spacial score (nSPS) is 21.4. The minimum absolute atomic E-state index is 0.000846. The van der Waals surface area contributed by atoms with Crippen molar-refractivity contribution in [2.24, 2.45) is 5.92 Å². The number of ether oxygens (including phenoxy) is 1. The van der Waals surface area contributed by atoms with Crippen LogP contribution in [-0.4, -0.2) is 32.0 Å². The van der Waals surface area contributed by atoms with Crippen LogP contribution in [0.2, 0.25) is 0 Å². The van der Waals surface area contributed by atoms with Crippen LogP contribution in [0.15, 0.2) is 24.3 Å². The van der Waals surface area contributed by atoms with Gasteiger partial charge in [-0.15, -0.1) is 0 Å². The standard InChI is InChI=1S/C16H22N2O3/c1-17-15(19)11-6-5-7-12(10-11)21-14-9-4-3-8-13(14)16(20)18-2/h3-4,8-9,11-12H,5-7,10H2,1-2H3,(H,17,19)(H,18,20). The molecule has 0 aliphatic heterocycles. The lowest BCUT2D eigenvalue weighted by atomic mass is 9.86. The van der Waals surface area contributed by atoms with E-state index in [1.54, 1.807) is 26.2 Å². The Morgan fingerprint density at radius 2 is 1.90 bits per heavy atom. The Bertz CT molecular complexity index is 516. The van der Waals surface area contributed by atoms with Crippen molar-refractivity contribution in [3.8, 4) is 5.75 Å². The van der Waals surface area contributed by atoms with Gasteiger partial charge in [0.2, 0.25) is 5.91 Å². The first kappa shape index (κ1) is 15.4. The van der Waals surface area contributed by atoms with Crippen LogP contribution in [-0.2, 0) is 4.79 Å². The quantitative estimate of drug-likeness (QED) is 0.887. The summed E-state index contributed by atoms with van der Waals surface area (Å²) in [6.07, 6.45) is 3.45. The average Bonchev–Trinajstić information content (AvgIpc) is 2.54. The lowest BCUT2D eigenvalue weighted by Gasteiger charge is -2.29. The number of nitrogens with one attached hydrogen (secondary N) is 2. The third-order valence-electron chi connectivity index (χ3n) is 3.90. The van der Waals surface area contributed by atoms with Gasteiger partial charge in [0.05, 0.1) is 11.7 Å². The maximum atomic E-state index is 11.8. The number of carbonyl (C=O) groups is 2. The summed E-state index contributed by atoms with van der Waals surface area (Å²) in [5, 5.41) is 5.31. The molecular weight excluding hydrogens is 268 g/mol. The second-order valence-electron chi connectivity index (χ2n) is 5.29. The Labute approximate surface area is 125 Å². The molecule has 114 valence electrons. The van der Waals surface area contributed by atoms with E-state index in [0.29, 0.717) is 17.7 Å². The Morgan fingerprint density at radius 1 is 1.14 bits per heavy atom. The van der Waals surface area contributed by atoms with E-state index >= 15 is 0 Å². The topological polar surface area (TPSA) is 67.4 Å². The molecular formula is C16H22N2O3. The number of hydrogen-bond donors (Lipinski definition) is 2. The summed E-state index contributed by atoms with van der Waals surface area (Å²) in [6.45, 7) is 0. The van der Waals surface area contributed by atoms with Crippen LogP contribution in [0, 0.1) is 5.92 Å². The molecule has 2 atom stereocenters. The third kappa shape index (κ3) is 3.74. The molecule has 1 aromatic carbocycles. The van der Waals surface area contributed by atoms with E-state index in [0.717, 1.165) is 19.3 Å². The number of benzene rings is 1. The molecule has 0 spiro atoms. The van der Waals surface area contributed by atoms with Gasteiger partial charge in [-0.25, -0.2) is 0 Å². The first-order valence-corrected chi connectivity index (χ1v) is 7.35. The van der Waals surface area contributed by atoms with Gasteiger partial charge in [0.15, 0.2) is 0 Å². The summed E-state index contributed by atoms with van der Waals surface area (Å²) in [4.78, 5) is 23.6. The van der Waals surface area contributed by atoms with E-state index in [1.807, 2.05) is 12.1 Å². The molecule has 21 heavy (non-hydrogen) atoms. The van der Waals surface area contributed by atoms with E-state index in [-0.39, 0.29) is 23.8 Å². The molecule has 0 heterocycles. The second-order valence-corrected chi connectivity index (χ2v) is 5.29. The van der Waals surface area contributed by atoms with Gasteiger partial charge >= 0.3 is 0 Å². The van der Waals surface area contributed by atoms with Crippen molar-refractivity contribution in [3.05, 3.63) is 29.8 Å². The average molecular weight is 290 g/mol. The van der Waals surface area contributed by atoms with Crippen molar-refractivity contribution < 1.29 is 14.3 Å². The van der Waals surface area contributed by atoms with Crippen molar-refractivity contribution in [1.82, 2.24) is 10.6 Å². The van der Waals surface area contributed by atoms with E-state index in [2.05, 4.69) is 10.6 Å². The van der Waals surface area contributed by atoms with Gasteiger partial charge in [-0.3, -0.25) is 9.59 Å². The molecule has 0 saturated heterocycles. The van der Waals surface area contributed by atoms with Gasteiger partial charge in [0.1, 0.15) is 5.75 Å². The van der Waals surface area contributed by atoms with Crippen molar-refractivity contribution in [2.45, 2.75) is 31.8 Å². The van der Waals surface area contributed by atoms with Crippen LogP contribution in [0.5, 0.6) is 5.75 Å². The fourth-order valence-electron chi connectivity index (χ4n) is 2.77. The zero-order valence-corrected chi connectivity index (χ0v) is 12.5. The summed E-state index contributed by atoms with van der Waals surface area (Å²) >= 11 is 0. The lowest BCUT2D eigenvalue weighted by Crippen LogP contribution is -2.35. The molecule has 1 aliphatic carbocycles. The van der Waals surface area contributed by atoms with Crippen molar-refractivity contribution in [2.75, 3.05) is 14.1 Å². The summed E-state index contributed by atoms with van der Waals surface area (Å²) < 4.78 is 5.99. The minimum Gasteiger partial charge on any atom is -0.490 e. The molecule has 2 amide bonds. The van der Waals surface area contributed by atoms with E-state index in [4.69, 9.17) is 4.74 Å². The van der Waals surface area contributed by atoms with Crippen molar-refractivity contribution in [3.63, 3.8) is 0 Å². The van der Waals surface area contributed by atoms with Gasteiger partial charge in [-0.2, -0.15) is 0 Å². The van der Waals surface area contributed by atoms with Gasteiger partial charge in [0.25, 0.3) is 5.91 Å². The molecule has 2 unspecified atom stereocenters. The van der Waals surface area contributed by atoms with Gasteiger partial charge in [-0.05, 0) is 37.8 Å². The molecule has 5 nitrogen and oxygen atoms in total. The van der Waals surface area contributed by atoms with E-state index in [1.165, 1.54) is 0 Å². The van der Waals surface area contributed by atoms with Crippen molar-refractivity contribution >= 4 is 11.8 Å². The Hall–Kier alpha value is -2.04. The molecule has 1 saturated carbocycles. The van der Waals surface area contributed by atoms with Crippen molar-refractivity contribution in [1.29, 1.82) is 0 Å². The van der Waals surface area contributed by atoms with E-state index in [9.17, 15) is 9.59 Å². The van der Waals surface area contributed by atoms with Gasteiger partial charge < -0.3 is 15.4 Å². The van der Waals surface area contributed by atoms with Crippen LogP contribution in [0.3, 0.4) is 0 Å². The second kappa shape index (κ2) is 7.11. The number of para-hydroxylation sites is 1. The molecule has 0 aromatic heterocycles. The highest BCUT2D eigenvalue weighted by Gasteiger charge is 2.28. The van der Waals surface area contributed by atoms with Crippen LogP contribution in [0.25, 0.3) is 0 Å². The fourth-order valence-corrected chi connectivity index (χ4v) is 2.77. The summed E-state index contributed by atoms with van der Waals surface area (Å²) in [6, 6.07) is 7.20. The maximum Gasteiger partial charge on any atom is 0.254 e. The van der Waals surface area contributed by atoms with Crippen LogP contribution in [0.4, 0.5) is 0 Å². The van der Waals surface area contributed by atoms with Crippen LogP contribution < -0.4 is 15.4 Å². The number of hydrogen-bond acceptors (Lipinski definition) is 3. The van der Waals surface area contributed by atoms with Crippen LogP contribution >= 0.6 is 0 Å². The van der Waals surface area contributed by atoms with E-state index < -0.39 is 0 Å². The Balaban J connectivity index is 2.08. The van der Waals surface area contributed by atoms with Gasteiger partial charge in [-0.1, -0.05) is 12.1 Å². The highest BCUT2D eigenvalue weighted by atomic mass is 16.5. The highest BCUT2D eigenvalue weighted by molar-refractivity contribution is 5.96. The third-order valence-corrected chi connectivity index (χ3v) is 3.90. The lowest BCUT2D eigenvalue weighted by molar-refractivity contribution is -0.126. The molecule has 2 rings (SSSR count). The predicted molar refractivity (Wildman–Crippen MR) is 80.3 cm³/mol. The molecule has 5 heteroatoms. The smallest absolute Gasteiger partial charge is 0.254 e. The Morgan fingerprint density at radius 3 is 2.62 bits per heavy atom. The minimum atomic E-state index is -0.163. The first-order valence-electron chi connectivity index (χ1n) is 7.35. The highest BCUT2D eigenvalue weighted by Crippen LogP contribution is 2.29. The zero-order chi connectivity index (χ0) is 15.2. The molecule has 1 fully saturated rings. The summed E-state index contributed by atoms with van der Waals surface area (Å²) in [5.41, 5.74) is 0.530. The number of amides is 2. The SMILES string of the molecule is CNC(=O)c1ccccc1OC1CCCC(C(=O)NC)C1. The van der Waals surface area contributed by atoms with Gasteiger partial charge in [0, 0.05) is 20.0 Å². The predicted octanol–water partition coefficient (Wildman–Crippen LogP) is 1.73. The molecule has 0 bridgehead atoms. The number of rotatable bonds is 4. The molecule has 2 N–H and O–H groups in total. The summed E-state index contributed by atoms with van der Waals surface area (Å²) in [5.74, 6) is 0.493. The largest absolute Gasteiger partial charge is 0.490 e. The molecule has 1 aliphatic rings. The fraction of sp³-hybridized carbons (Fsp3) is 0.500. The summed E-state index contributed by atoms with van der Waals surface area (Å²) in [7, 11) is 3.26. The monoisotopic (exact) mass is 290 g/mol. The maximum absolute atomic E-state index is 11.8. The first-order chi connectivity index (χ1) is 10.2. The molecule has 1 aromatic rings. The van der Waals surface area contributed by atoms with Crippen LogP contribution in [0.1, 0.15) is 36.0 Å². The number of carbonyl (C=O) groups excluding carboxylic acids is 2.